The highest BCUT2D eigenvalue weighted by molar-refractivity contribution is 14.1. The van der Waals surface area contributed by atoms with Crippen molar-refractivity contribution < 1.29 is 9.53 Å². The number of benzene rings is 2. The number of rotatable bonds is 5. The third kappa shape index (κ3) is 4.95. The number of carbonyl (C=O) groups excluding carboxylic acids is 1. The van der Waals surface area contributed by atoms with Crippen LogP contribution in [0.25, 0.3) is 0 Å². The molecule has 1 saturated heterocycles. The average Bonchev–Trinajstić information content (AvgIpc) is 2.64. The Labute approximate surface area is 162 Å². The molecule has 0 bridgehead atoms. The van der Waals surface area contributed by atoms with Crippen molar-refractivity contribution in [3.05, 3.63) is 63.2 Å². The summed E-state index contributed by atoms with van der Waals surface area (Å²) in [5, 5.41) is 0. The van der Waals surface area contributed by atoms with Crippen molar-refractivity contribution in [1.82, 2.24) is 9.80 Å². The highest BCUT2D eigenvalue weighted by atomic mass is 127. The number of nitrogens with zero attached hydrogens (tertiary/aromatic N) is 2. The molecule has 2 aromatic rings. The van der Waals surface area contributed by atoms with Gasteiger partial charge in [0, 0.05) is 41.9 Å². The topological polar surface area (TPSA) is 32.8 Å². The first kappa shape index (κ1) is 18.2. The summed E-state index contributed by atoms with van der Waals surface area (Å²) in [5.41, 5.74) is 2.06. The molecule has 0 saturated carbocycles. The van der Waals surface area contributed by atoms with Gasteiger partial charge in [-0.15, -0.1) is 0 Å². The van der Waals surface area contributed by atoms with Crippen LogP contribution in [0.15, 0.2) is 48.5 Å². The lowest BCUT2D eigenvalue weighted by molar-refractivity contribution is 0.0628. The molecule has 0 N–H and O–H groups in total. The van der Waals surface area contributed by atoms with E-state index in [4.69, 9.17) is 4.74 Å². The second-order valence-electron chi connectivity index (χ2n) is 6.16. The maximum Gasteiger partial charge on any atom is 0.253 e. The summed E-state index contributed by atoms with van der Waals surface area (Å²) < 4.78 is 6.58. The molecule has 25 heavy (non-hydrogen) atoms. The minimum Gasteiger partial charge on any atom is -0.494 e. The van der Waals surface area contributed by atoms with E-state index in [1.807, 2.05) is 48.2 Å². The first-order chi connectivity index (χ1) is 12.2. The van der Waals surface area contributed by atoms with Crippen molar-refractivity contribution in [3.63, 3.8) is 0 Å². The van der Waals surface area contributed by atoms with Gasteiger partial charge in [-0.1, -0.05) is 18.2 Å². The van der Waals surface area contributed by atoms with Gasteiger partial charge in [0.25, 0.3) is 5.91 Å². The summed E-state index contributed by atoms with van der Waals surface area (Å²) in [5.74, 6) is 1.05. The Hall–Kier alpha value is -1.60. The average molecular weight is 450 g/mol. The van der Waals surface area contributed by atoms with Crippen LogP contribution in [0.4, 0.5) is 0 Å². The Morgan fingerprint density at radius 1 is 1.08 bits per heavy atom. The second-order valence-corrected chi connectivity index (χ2v) is 7.40. The Kier molecular flexibility index (Phi) is 6.31. The molecule has 4 nitrogen and oxygen atoms in total. The number of amides is 1. The van der Waals surface area contributed by atoms with Crippen molar-refractivity contribution in [2.24, 2.45) is 0 Å². The maximum atomic E-state index is 12.6. The molecule has 1 amide bonds. The van der Waals surface area contributed by atoms with Gasteiger partial charge in [0.1, 0.15) is 5.75 Å². The zero-order chi connectivity index (χ0) is 17.6. The molecule has 0 aromatic heterocycles. The Morgan fingerprint density at radius 2 is 1.80 bits per heavy atom. The van der Waals surface area contributed by atoms with Gasteiger partial charge in [0.15, 0.2) is 0 Å². The van der Waals surface area contributed by atoms with E-state index in [1.165, 1.54) is 5.56 Å². The fourth-order valence-corrected chi connectivity index (χ4v) is 3.57. The van der Waals surface area contributed by atoms with Gasteiger partial charge < -0.3 is 9.64 Å². The zero-order valence-corrected chi connectivity index (χ0v) is 16.6. The normalized spacial score (nSPS) is 15.2. The van der Waals surface area contributed by atoms with E-state index in [9.17, 15) is 4.79 Å². The lowest BCUT2D eigenvalue weighted by Gasteiger charge is -2.34. The predicted molar refractivity (Wildman–Crippen MR) is 108 cm³/mol. The van der Waals surface area contributed by atoms with Crippen LogP contribution < -0.4 is 4.74 Å². The fourth-order valence-electron chi connectivity index (χ4n) is 3.03. The predicted octanol–water partition coefficient (Wildman–Crippen LogP) is 3.65. The van der Waals surface area contributed by atoms with E-state index in [-0.39, 0.29) is 5.91 Å². The fraction of sp³-hybridized carbons (Fsp3) is 0.350. The van der Waals surface area contributed by atoms with Gasteiger partial charge in [-0.3, -0.25) is 9.69 Å². The summed E-state index contributed by atoms with van der Waals surface area (Å²) in [7, 11) is 0. The molecule has 3 rings (SSSR count). The number of halogens is 1. The standard InChI is InChI=1S/C20H23IN2O2/c1-2-25-19-8-6-16(7-9-19)15-22-10-12-23(13-11-22)20(24)17-4-3-5-18(21)14-17/h3-9,14H,2,10-13,15H2,1H3. The first-order valence-corrected chi connectivity index (χ1v) is 9.72. The van der Waals surface area contributed by atoms with Gasteiger partial charge in [-0.05, 0) is 65.4 Å². The Morgan fingerprint density at radius 3 is 2.44 bits per heavy atom. The second kappa shape index (κ2) is 8.67. The molecular weight excluding hydrogens is 427 g/mol. The van der Waals surface area contributed by atoms with Gasteiger partial charge in [-0.25, -0.2) is 0 Å². The quantitative estimate of drug-likeness (QED) is 0.653. The van der Waals surface area contributed by atoms with Crippen LogP contribution in [-0.2, 0) is 6.54 Å². The summed E-state index contributed by atoms with van der Waals surface area (Å²) in [4.78, 5) is 17.0. The molecule has 0 unspecified atom stereocenters. The van der Waals surface area contributed by atoms with Crippen LogP contribution in [-0.4, -0.2) is 48.5 Å². The number of ether oxygens (including phenoxy) is 1. The third-order valence-corrected chi connectivity index (χ3v) is 5.04. The van der Waals surface area contributed by atoms with Crippen molar-refractivity contribution in [3.8, 4) is 5.75 Å². The maximum absolute atomic E-state index is 12.6. The minimum absolute atomic E-state index is 0.138. The minimum atomic E-state index is 0.138. The van der Waals surface area contributed by atoms with Crippen molar-refractivity contribution in [2.75, 3.05) is 32.8 Å². The van der Waals surface area contributed by atoms with Crippen LogP contribution in [0.2, 0.25) is 0 Å². The summed E-state index contributed by atoms with van der Waals surface area (Å²) in [6, 6.07) is 16.1. The highest BCUT2D eigenvalue weighted by Gasteiger charge is 2.22. The van der Waals surface area contributed by atoms with E-state index in [2.05, 4.69) is 39.6 Å². The van der Waals surface area contributed by atoms with Crippen LogP contribution >= 0.6 is 22.6 Å². The van der Waals surface area contributed by atoms with Crippen LogP contribution in [0.1, 0.15) is 22.8 Å². The number of carbonyl (C=O) groups is 1. The van der Waals surface area contributed by atoms with E-state index in [0.717, 1.165) is 47.6 Å². The van der Waals surface area contributed by atoms with E-state index in [1.54, 1.807) is 0 Å². The van der Waals surface area contributed by atoms with Crippen molar-refractivity contribution in [2.45, 2.75) is 13.5 Å². The molecule has 0 radical (unpaired) electrons. The molecule has 132 valence electrons. The zero-order valence-electron chi connectivity index (χ0n) is 14.5. The SMILES string of the molecule is CCOc1ccc(CN2CCN(C(=O)c3cccc(I)c3)CC2)cc1. The number of piperazine rings is 1. The molecule has 0 atom stereocenters. The molecule has 0 spiro atoms. The Balaban J connectivity index is 1.52. The molecule has 1 aliphatic heterocycles. The molecule has 1 heterocycles. The Bertz CT molecular complexity index is 710. The van der Waals surface area contributed by atoms with Gasteiger partial charge in [-0.2, -0.15) is 0 Å². The van der Waals surface area contributed by atoms with Crippen molar-refractivity contribution in [1.29, 1.82) is 0 Å². The molecule has 2 aromatic carbocycles. The summed E-state index contributed by atoms with van der Waals surface area (Å²) >= 11 is 2.24. The summed E-state index contributed by atoms with van der Waals surface area (Å²) in [6.07, 6.45) is 0. The molecule has 0 aliphatic carbocycles. The van der Waals surface area contributed by atoms with Crippen LogP contribution in [0.5, 0.6) is 5.75 Å². The monoisotopic (exact) mass is 450 g/mol. The lowest BCUT2D eigenvalue weighted by Crippen LogP contribution is -2.48. The van der Waals surface area contributed by atoms with E-state index in [0.29, 0.717) is 6.61 Å². The molecular formula is C20H23IN2O2. The van der Waals surface area contributed by atoms with Gasteiger partial charge in [0.05, 0.1) is 6.61 Å². The first-order valence-electron chi connectivity index (χ1n) is 8.64. The highest BCUT2D eigenvalue weighted by Crippen LogP contribution is 2.16. The molecule has 5 heteroatoms. The van der Waals surface area contributed by atoms with Gasteiger partial charge >= 0.3 is 0 Å². The largest absolute Gasteiger partial charge is 0.494 e. The van der Waals surface area contributed by atoms with Crippen LogP contribution in [0.3, 0.4) is 0 Å². The van der Waals surface area contributed by atoms with E-state index >= 15 is 0 Å². The molecule has 1 fully saturated rings. The summed E-state index contributed by atoms with van der Waals surface area (Å²) in [6.45, 7) is 6.97. The lowest BCUT2D eigenvalue weighted by atomic mass is 10.1. The van der Waals surface area contributed by atoms with Crippen molar-refractivity contribution >= 4 is 28.5 Å². The smallest absolute Gasteiger partial charge is 0.253 e. The number of hydrogen-bond acceptors (Lipinski definition) is 3. The van der Waals surface area contributed by atoms with Crippen LogP contribution in [0, 0.1) is 3.57 Å². The third-order valence-electron chi connectivity index (χ3n) is 4.37. The molecule has 1 aliphatic rings. The number of hydrogen-bond donors (Lipinski definition) is 0. The van der Waals surface area contributed by atoms with E-state index < -0.39 is 0 Å². The van der Waals surface area contributed by atoms with Gasteiger partial charge in [0.2, 0.25) is 0 Å².